The van der Waals surface area contributed by atoms with E-state index in [2.05, 4.69) is 10.3 Å². The van der Waals surface area contributed by atoms with Gasteiger partial charge in [0, 0.05) is 23.2 Å². The third-order valence-electron chi connectivity index (χ3n) is 4.47. The molecule has 1 heterocycles. The minimum atomic E-state index is -3.59. The lowest BCUT2D eigenvalue weighted by Crippen LogP contribution is -2.20. The lowest BCUT2D eigenvalue weighted by Gasteiger charge is -2.23. The van der Waals surface area contributed by atoms with Crippen molar-refractivity contribution in [3.63, 3.8) is 0 Å². The quantitative estimate of drug-likeness (QED) is 0.653. The number of nitrogens with one attached hydrogen (secondary N) is 2. The Morgan fingerprint density at radius 1 is 1.10 bits per heavy atom. The van der Waals surface area contributed by atoms with E-state index in [9.17, 15) is 13.2 Å². The van der Waals surface area contributed by atoms with Crippen LogP contribution < -0.4 is 14.8 Å². The van der Waals surface area contributed by atoms with Crippen LogP contribution in [-0.2, 0) is 15.3 Å². The number of para-hydroxylation sites is 1. The summed E-state index contributed by atoms with van der Waals surface area (Å²) in [7, 11) is -2.23. The van der Waals surface area contributed by atoms with E-state index in [-0.39, 0.29) is 27.6 Å². The van der Waals surface area contributed by atoms with Crippen molar-refractivity contribution < 1.29 is 22.7 Å². The van der Waals surface area contributed by atoms with Gasteiger partial charge >= 0.3 is 6.09 Å². The third-order valence-corrected chi connectivity index (χ3v) is 5.57. The van der Waals surface area contributed by atoms with E-state index in [0.29, 0.717) is 0 Å². The van der Waals surface area contributed by atoms with Crippen molar-refractivity contribution in [2.75, 3.05) is 18.7 Å². The van der Waals surface area contributed by atoms with Crippen LogP contribution in [0, 0.1) is 0 Å². The molecular weight excluding hydrogens is 392 g/mol. The van der Waals surface area contributed by atoms with Crippen molar-refractivity contribution in [1.82, 2.24) is 4.98 Å². The van der Waals surface area contributed by atoms with E-state index in [4.69, 9.17) is 9.47 Å². The second-order valence-electron chi connectivity index (χ2n) is 7.81. The molecule has 0 aliphatic carbocycles. The highest BCUT2D eigenvalue weighted by atomic mass is 32.2. The molecule has 0 radical (unpaired) electrons. The molecule has 0 bridgehead atoms. The Morgan fingerprint density at radius 2 is 1.79 bits per heavy atom. The number of anilines is 1. The summed E-state index contributed by atoms with van der Waals surface area (Å²) in [4.78, 5) is 15.5. The maximum atomic E-state index is 12.5. The van der Waals surface area contributed by atoms with Gasteiger partial charge in [-0.1, -0.05) is 39.0 Å². The number of ether oxygens (including phenoxy) is 2. The first kappa shape index (κ1) is 20.7. The van der Waals surface area contributed by atoms with Crippen LogP contribution in [0.15, 0.2) is 47.4 Å². The van der Waals surface area contributed by atoms with Crippen molar-refractivity contribution in [2.45, 2.75) is 31.1 Å². The third kappa shape index (κ3) is 4.54. The highest BCUT2D eigenvalue weighted by molar-refractivity contribution is 7.90. The van der Waals surface area contributed by atoms with Crippen LogP contribution >= 0.6 is 0 Å². The standard InChI is InChI=1S/C21H24N2O5S/c1-21(2,3)14-11-16(19(27-4)17(12-14)29(5,25)26)23-20(24)28-18-10-13-8-6-7-9-15(13)22-18/h6-12,22H,1-5H3,(H,23,24). The van der Waals surface area contributed by atoms with Crippen molar-refractivity contribution in [2.24, 2.45) is 0 Å². The molecule has 3 rings (SSSR count). The van der Waals surface area contributed by atoms with Gasteiger partial charge in [-0.05, 0) is 29.2 Å². The van der Waals surface area contributed by atoms with Gasteiger partial charge in [0.15, 0.2) is 15.6 Å². The van der Waals surface area contributed by atoms with Crippen LogP contribution in [-0.4, -0.2) is 32.9 Å². The number of H-pyrrole nitrogens is 1. The highest BCUT2D eigenvalue weighted by Crippen LogP contribution is 2.38. The summed E-state index contributed by atoms with van der Waals surface area (Å²) in [6, 6.07) is 12.5. The number of hydrogen-bond acceptors (Lipinski definition) is 5. The molecule has 0 aliphatic heterocycles. The SMILES string of the molecule is COc1c(NC(=O)Oc2cc3ccccc3[nH]2)cc(C(C)(C)C)cc1S(C)(=O)=O. The summed E-state index contributed by atoms with van der Waals surface area (Å²) in [5.74, 6) is 0.340. The van der Waals surface area contributed by atoms with E-state index in [0.717, 1.165) is 22.7 Å². The number of methoxy groups -OCH3 is 1. The average Bonchev–Trinajstić information content (AvgIpc) is 3.01. The number of hydrogen-bond donors (Lipinski definition) is 2. The van der Waals surface area contributed by atoms with Crippen molar-refractivity contribution in [3.8, 4) is 11.6 Å². The summed E-state index contributed by atoms with van der Waals surface area (Å²) in [5, 5.41) is 3.51. The lowest BCUT2D eigenvalue weighted by atomic mass is 9.86. The minimum absolute atomic E-state index is 0.00772. The zero-order valence-corrected chi connectivity index (χ0v) is 17.8. The molecule has 0 saturated heterocycles. The molecule has 8 heteroatoms. The zero-order chi connectivity index (χ0) is 21.4. The number of rotatable bonds is 4. The maximum Gasteiger partial charge on any atom is 0.418 e. The number of carbonyl (C=O) groups excluding carboxylic acids is 1. The predicted molar refractivity (Wildman–Crippen MR) is 113 cm³/mol. The van der Waals surface area contributed by atoms with Gasteiger partial charge in [0.2, 0.25) is 5.88 Å². The Labute approximate surface area is 169 Å². The number of aromatic amines is 1. The number of amides is 1. The van der Waals surface area contributed by atoms with Gasteiger partial charge in [-0.25, -0.2) is 13.2 Å². The van der Waals surface area contributed by atoms with Crippen LogP contribution in [0.25, 0.3) is 10.9 Å². The van der Waals surface area contributed by atoms with Gasteiger partial charge in [0.1, 0.15) is 4.90 Å². The molecule has 0 fully saturated rings. The number of aromatic nitrogens is 1. The maximum absolute atomic E-state index is 12.5. The minimum Gasteiger partial charge on any atom is -0.493 e. The molecule has 3 aromatic rings. The Kier molecular flexibility index (Phi) is 5.32. The van der Waals surface area contributed by atoms with Gasteiger partial charge < -0.3 is 14.5 Å². The fourth-order valence-electron chi connectivity index (χ4n) is 2.95. The predicted octanol–water partition coefficient (Wildman–Crippen LogP) is 4.49. The van der Waals surface area contributed by atoms with E-state index in [1.54, 1.807) is 18.2 Å². The Balaban J connectivity index is 1.97. The van der Waals surface area contributed by atoms with Gasteiger partial charge in [0.25, 0.3) is 0 Å². The number of sulfone groups is 1. The first-order valence-electron chi connectivity index (χ1n) is 8.98. The van der Waals surface area contributed by atoms with Gasteiger partial charge in [-0.15, -0.1) is 0 Å². The van der Waals surface area contributed by atoms with E-state index < -0.39 is 15.9 Å². The zero-order valence-electron chi connectivity index (χ0n) is 17.0. The smallest absolute Gasteiger partial charge is 0.418 e. The van der Waals surface area contributed by atoms with E-state index in [1.807, 2.05) is 45.0 Å². The van der Waals surface area contributed by atoms with Crippen molar-refractivity contribution in [3.05, 3.63) is 48.0 Å². The second kappa shape index (κ2) is 7.44. The number of carbonyl (C=O) groups is 1. The van der Waals surface area contributed by atoms with Crippen LogP contribution in [0.5, 0.6) is 11.6 Å². The first-order valence-corrected chi connectivity index (χ1v) is 10.9. The van der Waals surface area contributed by atoms with Crippen LogP contribution in [0.3, 0.4) is 0 Å². The number of fused-ring (bicyclic) bond motifs is 1. The summed E-state index contributed by atoms with van der Waals surface area (Å²) in [6.07, 6.45) is 0.338. The summed E-state index contributed by atoms with van der Waals surface area (Å²) >= 11 is 0. The molecule has 0 aliphatic rings. The van der Waals surface area contributed by atoms with Crippen molar-refractivity contribution >= 4 is 32.5 Å². The van der Waals surface area contributed by atoms with Crippen LogP contribution in [0.2, 0.25) is 0 Å². The lowest BCUT2D eigenvalue weighted by molar-refractivity contribution is 0.213. The molecule has 7 nitrogen and oxygen atoms in total. The van der Waals surface area contributed by atoms with Crippen LogP contribution in [0.4, 0.5) is 10.5 Å². The van der Waals surface area contributed by atoms with Gasteiger partial charge in [-0.2, -0.15) is 0 Å². The van der Waals surface area contributed by atoms with E-state index >= 15 is 0 Å². The Morgan fingerprint density at radius 3 is 2.38 bits per heavy atom. The topological polar surface area (TPSA) is 97.5 Å². The van der Waals surface area contributed by atoms with Gasteiger partial charge in [-0.3, -0.25) is 5.32 Å². The Hall–Kier alpha value is -3.00. The van der Waals surface area contributed by atoms with Gasteiger partial charge in [0.05, 0.1) is 12.8 Å². The fraction of sp³-hybridized carbons (Fsp3) is 0.286. The molecular formula is C21H24N2O5S. The molecule has 0 atom stereocenters. The first-order chi connectivity index (χ1) is 13.5. The molecule has 2 N–H and O–H groups in total. The molecule has 1 aromatic heterocycles. The molecule has 0 spiro atoms. The van der Waals surface area contributed by atoms with E-state index in [1.165, 1.54) is 7.11 Å². The molecule has 2 aromatic carbocycles. The largest absolute Gasteiger partial charge is 0.493 e. The summed E-state index contributed by atoms with van der Waals surface area (Å²) < 4.78 is 35.2. The van der Waals surface area contributed by atoms with Crippen LogP contribution in [0.1, 0.15) is 26.3 Å². The average molecular weight is 416 g/mol. The molecule has 0 saturated carbocycles. The summed E-state index contributed by atoms with van der Waals surface area (Å²) in [5.41, 5.74) is 1.45. The highest BCUT2D eigenvalue weighted by Gasteiger charge is 2.25. The molecule has 154 valence electrons. The second-order valence-corrected chi connectivity index (χ2v) is 9.80. The monoisotopic (exact) mass is 416 g/mol. The molecule has 1 amide bonds. The molecule has 29 heavy (non-hydrogen) atoms. The van der Waals surface area contributed by atoms with Crippen molar-refractivity contribution in [1.29, 1.82) is 0 Å². The summed E-state index contributed by atoms with van der Waals surface area (Å²) in [6.45, 7) is 5.86. The number of benzene rings is 2. The Bertz CT molecular complexity index is 1140. The molecule has 0 unspecified atom stereocenters. The fourth-order valence-corrected chi connectivity index (χ4v) is 3.82. The normalized spacial score (nSPS) is 12.0.